The van der Waals surface area contributed by atoms with E-state index in [1.165, 1.54) is 70.6 Å². The molecule has 0 N–H and O–H groups in total. The number of likely N-dealkylation sites (tertiary alicyclic amines) is 2. The van der Waals surface area contributed by atoms with E-state index in [2.05, 4.69) is 27.7 Å². The molecule has 4 heterocycles. The molecule has 0 bridgehead atoms. The van der Waals surface area contributed by atoms with E-state index in [4.69, 9.17) is 18.9 Å². The van der Waals surface area contributed by atoms with Gasteiger partial charge in [-0.3, -0.25) is 9.59 Å². The van der Waals surface area contributed by atoms with Gasteiger partial charge in [0.15, 0.2) is 11.6 Å². The van der Waals surface area contributed by atoms with Crippen molar-refractivity contribution < 1.29 is 28.5 Å². The second kappa shape index (κ2) is 12.6. The Balaban J connectivity index is 0.000000138. The molecule has 8 nitrogen and oxygen atoms in total. The molecule has 0 aromatic heterocycles. The van der Waals surface area contributed by atoms with Gasteiger partial charge in [0.25, 0.3) is 0 Å². The minimum Gasteiger partial charge on any atom is -0.347 e. The molecule has 10 aliphatic rings. The molecule has 6 aliphatic carbocycles. The second-order valence-corrected chi connectivity index (χ2v) is 20.7. The van der Waals surface area contributed by atoms with E-state index in [1.807, 2.05) is 23.9 Å². The molecule has 292 valence electrons. The number of ether oxygens (including phenoxy) is 4. The van der Waals surface area contributed by atoms with Crippen LogP contribution in [0.2, 0.25) is 0 Å². The summed E-state index contributed by atoms with van der Waals surface area (Å²) in [6.07, 6.45) is 18.7. The van der Waals surface area contributed by atoms with Crippen molar-refractivity contribution in [3.8, 4) is 0 Å². The van der Waals surface area contributed by atoms with Crippen LogP contribution in [-0.4, -0.2) is 86.8 Å². The molecular weight excluding hydrogens is 652 g/mol. The highest BCUT2D eigenvalue weighted by atomic mass is 16.7. The molecule has 2 amide bonds. The minimum absolute atomic E-state index is 0.186. The van der Waals surface area contributed by atoms with Crippen molar-refractivity contribution >= 4 is 11.8 Å². The van der Waals surface area contributed by atoms with Gasteiger partial charge in [-0.05, 0) is 135 Å². The topological polar surface area (TPSA) is 77.5 Å². The third kappa shape index (κ3) is 5.03. The lowest BCUT2D eigenvalue weighted by atomic mass is 9.46. The van der Waals surface area contributed by atoms with E-state index in [0.29, 0.717) is 34.5 Å². The van der Waals surface area contributed by atoms with Crippen molar-refractivity contribution in [2.24, 2.45) is 69.0 Å². The summed E-state index contributed by atoms with van der Waals surface area (Å²) in [4.78, 5) is 28.8. The third-order valence-electron chi connectivity index (χ3n) is 19.4. The first-order valence-corrected chi connectivity index (χ1v) is 21.8. The number of carbonyl (C=O) groups excluding carboxylic acids is 2. The van der Waals surface area contributed by atoms with Crippen LogP contribution >= 0.6 is 0 Å². The maximum Gasteiger partial charge on any atom is 0.222 e. The quantitative estimate of drug-likeness (QED) is 0.256. The first-order chi connectivity index (χ1) is 24.8. The fourth-order valence-electron chi connectivity index (χ4n) is 16.2. The van der Waals surface area contributed by atoms with Crippen LogP contribution in [0, 0.1) is 69.0 Å². The molecule has 4 aliphatic heterocycles. The van der Waals surface area contributed by atoms with Crippen molar-refractivity contribution in [3.05, 3.63) is 0 Å². The molecule has 8 heteroatoms. The Labute approximate surface area is 314 Å². The maximum absolute atomic E-state index is 12.5. The van der Waals surface area contributed by atoms with E-state index in [-0.39, 0.29) is 22.4 Å². The molecular formula is C44H70N2O6. The number of rotatable bonds is 0. The van der Waals surface area contributed by atoms with Gasteiger partial charge in [-0.25, -0.2) is 0 Å². The summed E-state index contributed by atoms with van der Waals surface area (Å²) in [5.74, 6) is 5.99. The molecule has 6 saturated carbocycles. The Kier molecular flexibility index (Phi) is 8.86. The van der Waals surface area contributed by atoms with Crippen molar-refractivity contribution in [2.45, 2.75) is 142 Å². The first-order valence-electron chi connectivity index (χ1n) is 21.8. The Morgan fingerprint density at radius 1 is 0.519 bits per heavy atom. The van der Waals surface area contributed by atoms with Gasteiger partial charge in [-0.2, -0.15) is 0 Å². The molecule has 0 unspecified atom stereocenters. The summed E-state index contributed by atoms with van der Waals surface area (Å²) in [7, 11) is 4.00. The third-order valence-corrected chi connectivity index (χ3v) is 19.4. The second-order valence-electron chi connectivity index (χ2n) is 20.7. The van der Waals surface area contributed by atoms with E-state index in [9.17, 15) is 9.59 Å². The summed E-state index contributed by atoms with van der Waals surface area (Å²) in [5.41, 5.74) is 1.03. The number of carbonyl (C=O) groups is 2. The number of nitrogens with zero attached hydrogens (tertiary/aromatic N) is 2. The fraction of sp³-hybridized carbons (Fsp3) is 0.955. The zero-order chi connectivity index (χ0) is 36.3. The first kappa shape index (κ1) is 36.4. The normalized spacial score (nSPS) is 50.3. The summed E-state index contributed by atoms with van der Waals surface area (Å²) in [6, 6.07) is 0. The van der Waals surface area contributed by atoms with E-state index < -0.39 is 0 Å². The van der Waals surface area contributed by atoms with Crippen LogP contribution < -0.4 is 0 Å². The van der Waals surface area contributed by atoms with Gasteiger partial charge in [0.2, 0.25) is 11.8 Å². The zero-order valence-electron chi connectivity index (χ0n) is 33.5. The Bertz CT molecular complexity index is 1350. The smallest absolute Gasteiger partial charge is 0.222 e. The van der Waals surface area contributed by atoms with Crippen LogP contribution in [0.4, 0.5) is 0 Å². The predicted molar refractivity (Wildman–Crippen MR) is 199 cm³/mol. The van der Waals surface area contributed by atoms with E-state index in [1.54, 1.807) is 0 Å². The Hall–Kier alpha value is -1.22. The minimum atomic E-state index is -0.292. The summed E-state index contributed by atoms with van der Waals surface area (Å²) < 4.78 is 25.0. The highest BCUT2D eigenvalue weighted by molar-refractivity contribution is 5.77. The molecule has 10 rings (SSSR count). The van der Waals surface area contributed by atoms with Gasteiger partial charge in [0, 0.05) is 63.7 Å². The van der Waals surface area contributed by atoms with Gasteiger partial charge in [-0.1, -0.05) is 27.7 Å². The van der Waals surface area contributed by atoms with Crippen LogP contribution in [0.25, 0.3) is 0 Å². The highest BCUT2D eigenvalue weighted by Crippen LogP contribution is 2.70. The highest BCUT2D eigenvalue weighted by Gasteiger charge is 2.69. The summed E-state index contributed by atoms with van der Waals surface area (Å²) >= 11 is 0. The lowest BCUT2D eigenvalue weighted by Crippen LogP contribution is -2.56. The summed E-state index contributed by atoms with van der Waals surface area (Å²) in [5, 5.41) is 0. The molecule has 0 aromatic carbocycles. The van der Waals surface area contributed by atoms with Crippen LogP contribution in [0.15, 0.2) is 0 Å². The monoisotopic (exact) mass is 723 g/mol. The molecule has 10 fully saturated rings. The zero-order valence-corrected chi connectivity index (χ0v) is 33.5. The molecule has 2 spiro atoms. The van der Waals surface area contributed by atoms with Gasteiger partial charge in [-0.15, -0.1) is 0 Å². The van der Waals surface area contributed by atoms with Crippen LogP contribution in [-0.2, 0) is 28.5 Å². The fourth-order valence-corrected chi connectivity index (χ4v) is 16.2. The lowest BCUT2D eigenvalue weighted by molar-refractivity contribution is -0.246. The largest absolute Gasteiger partial charge is 0.347 e. The van der Waals surface area contributed by atoms with E-state index >= 15 is 0 Å². The molecule has 12 atom stereocenters. The molecule has 0 radical (unpaired) electrons. The number of hydrogen-bond donors (Lipinski definition) is 0. The standard InChI is InChI=1S/2C22H35NO3/c1-20-9-8-19(24)23(3)14-15(20)4-5-16-17(20)6-10-21(2)18(16)7-11-22(21)25-12-13-26-22;1-20-10-11-23(3)19(24)14-15(20)4-5-16-17(20)6-8-21(2)18(16)7-9-22(21)25-12-13-26-22/h2*15-18H,4-14H2,1-3H3/t2*15-,16+,17-,18-,20-,21-/m00/s1. The van der Waals surface area contributed by atoms with Gasteiger partial charge in [0.05, 0.1) is 26.4 Å². The molecule has 4 saturated heterocycles. The number of hydrogen-bond acceptors (Lipinski definition) is 6. The average Bonchev–Trinajstić information content (AvgIpc) is 3.91. The van der Waals surface area contributed by atoms with E-state index in [0.717, 1.165) is 107 Å². The Morgan fingerprint density at radius 3 is 1.54 bits per heavy atom. The number of amides is 2. The van der Waals surface area contributed by atoms with Crippen molar-refractivity contribution in [1.29, 1.82) is 0 Å². The summed E-state index contributed by atoms with van der Waals surface area (Å²) in [6.45, 7) is 15.0. The lowest BCUT2D eigenvalue weighted by Gasteiger charge is -2.59. The van der Waals surface area contributed by atoms with Crippen molar-refractivity contribution in [2.75, 3.05) is 53.6 Å². The van der Waals surface area contributed by atoms with Gasteiger partial charge in [0.1, 0.15) is 0 Å². The predicted octanol–water partition coefficient (Wildman–Crippen LogP) is 7.68. The van der Waals surface area contributed by atoms with Crippen LogP contribution in [0.5, 0.6) is 0 Å². The van der Waals surface area contributed by atoms with Crippen LogP contribution in [0.1, 0.15) is 130 Å². The number of fused-ring (bicyclic) bond motifs is 12. The van der Waals surface area contributed by atoms with Crippen molar-refractivity contribution in [3.63, 3.8) is 0 Å². The Morgan fingerprint density at radius 2 is 1.00 bits per heavy atom. The van der Waals surface area contributed by atoms with Crippen LogP contribution in [0.3, 0.4) is 0 Å². The SMILES string of the molecule is CN1CC[C@@]2(C)[C@@H](CC[C@@H]3[C@@H]2CC[C@@]2(C)[C@H]3CCC23OCCO3)CC1=O.CN1C[C@@H]2CC[C@@H]3[C@H](CC[C@@]4(C)[C@H]3CCC43OCCO3)[C@@]2(C)CCC1=O. The molecule has 52 heavy (non-hydrogen) atoms. The maximum atomic E-state index is 12.5. The van der Waals surface area contributed by atoms with Gasteiger partial charge < -0.3 is 28.7 Å². The van der Waals surface area contributed by atoms with Crippen molar-refractivity contribution in [1.82, 2.24) is 9.80 Å². The van der Waals surface area contributed by atoms with Gasteiger partial charge >= 0.3 is 0 Å². The average molecular weight is 723 g/mol. The molecule has 0 aromatic rings.